The number of hydrogen-bond acceptors (Lipinski definition) is 1. The summed E-state index contributed by atoms with van der Waals surface area (Å²) in [6, 6.07) is 11.0. The fourth-order valence-corrected chi connectivity index (χ4v) is 3.87. The molecule has 0 spiro atoms. The smallest absolute Gasteiger partial charge is 0.201 e. The summed E-state index contributed by atoms with van der Waals surface area (Å²) < 4.78 is 33.6. The monoisotopic (exact) mass is 356 g/mol. The van der Waals surface area contributed by atoms with Gasteiger partial charge in [-0.25, -0.2) is 4.39 Å². The van der Waals surface area contributed by atoms with Crippen LogP contribution in [0.5, 0.6) is 5.75 Å². The molecule has 0 N–H and O–H groups in total. The van der Waals surface area contributed by atoms with Crippen molar-refractivity contribution in [3.05, 3.63) is 65.7 Å². The van der Waals surface area contributed by atoms with Crippen LogP contribution in [0.1, 0.15) is 51.0 Å². The highest BCUT2D eigenvalue weighted by molar-refractivity contribution is 5.65. The summed E-state index contributed by atoms with van der Waals surface area (Å²) >= 11 is 0. The van der Waals surface area contributed by atoms with Crippen molar-refractivity contribution in [1.29, 1.82) is 0 Å². The van der Waals surface area contributed by atoms with Gasteiger partial charge in [0.25, 0.3) is 0 Å². The Kier molecular flexibility index (Phi) is 6.08. The molecule has 3 heteroatoms. The van der Waals surface area contributed by atoms with Crippen LogP contribution in [0.4, 0.5) is 8.78 Å². The van der Waals surface area contributed by atoms with Gasteiger partial charge >= 0.3 is 0 Å². The molecule has 1 aliphatic carbocycles. The first kappa shape index (κ1) is 18.6. The van der Waals surface area contributed by atoms with E-state index in [4.69, 9.17) is 4.74 Å². The zero-order valence-electron chi connectivity index (χ0n) is 15.5. The second-order valence-electron chi connectivity index (χ2n) is 6.93. The summed E-state index contributed by atoms with van der Waals surface area (Å²) in [5.41, 5.74) is 2.25. The van der Waals surface area contributed by atoms with Crippen LogP contribution in [0.25, 0.3) is 11.1 Å². The first-order chi connectivity index (χ1) is 12.6. The quantitative estimate of drug-likeness (QED) is 0.531. The molecule has 1 aliphatic rings. The van der Waals surface area contributed by atoms with E-state index in [2.05, 4.69) is 31.2 Å². The van der Waals surface area contributed by atoms with Gasteiger partial charge in [0.2, 0.25) is 5.82 Å². The van der Waals surface area contributed by atoms with Crippen molar-refractivity contribution >= 4 is 0 Å². The van der Waals surface area contributed by atoms with E-state index < -0.39 is 11.6 Å². The van der Waals surface area contributed by atoms with E-state index in [-0.39, 0.29) is 11.3 Å². The van der Waals surface area contributed by atoms with Crippen molar-refractivity contribution in [3.63, 3.8) is 0 Å². The summed E-state index contributed by atoms with van der Waals surface area (Å²) in [5.74, 6) is -0.543. The predicted octanol–water partition coefficient (Wildman–Crippen LogP) is 6.88. The van der Waals surface area contributed by atoms with Gasteiger partial charge in [-0.3, -0.25) is 0 Å². The second kappa shape index (κ2) is 8.48. The molecule has 0 saturated heterocycles. The van der Waals surface area contributed by atoms with Gasteiger partial charge in [0, 0.05) is 5.56 Å². The van der Waals surface area contributed by atoms with Crippen molar-refractivity contribution in [2.75, 3.05) is 6.61 Å². The second-order valence-corrected chi connectivity index (χ2v) is 6.93. The van der Waals surface area contributed by atoms with Crippen LogP contribution < -0.4 is 4.74 Å². The average molecular weight is 356 g/mol. The van der Waals surface area contributed by atoms with Crippen molar-refractivity contribution in [3.8, 4) is 16.9 Å². The Bertz CT molecular complexity index is 757. The Morgan fingerprint density at radius 1 is 0.962 bits per heavy atom. The minimum Gasteiger partial charge on any atom is -0.491 e. The molecular weight excluding hydrogens is 330 g/mol. The molecule has 26 heavy (non-hydrogen) atoms. The lowest BCUT2D eigenvalue weighted by Crippen LogP contribution is -2.11. The molecule has 138 valence electrons. The van der Waals surface area contributed by atoms with Gasteiger partial charge in [0.05, 0.1) is 6.61 Å². The molecule has 0 heterocycles. The SMILES string of the molecule is CC=CC1CCC(c2ccc(-c3ccc(OCC)c(F)c3F)cc2)CC1. The lowest BCUT2D eigenvalue weighted by atomic mass is 9.78. The topological polar surface area (TPSA) is 9.23 Å². The Hall–Kier alpha value is -2.16. The van der Waals surface area contributed by atoms with Crippen molar-refractivity contribution < 1.29 is 13.5 Å². The molecule has 2 aromatic rings. The highest BCUT2D eigenvalue weighted by Crippen LogP contribution is 2.37. The van der Waals surface area contributed by atoms with E-state index in [1.165, 1.54) is 37.3 Å². The maximum atomic E-state index is 14.4. The third-order valence-corrected chi connectivity index (χ3v) is 5.28. The molecule has 1 fully saturated rings. The molecule has 1 nitrogen and oxygen atoms in total. The summed E-state index contributed by atoms with van der Waals surface area (Å²) in [6.45, 7) is 4.13. The maximum Gasteiger partial charge on any atom is 0.201 e. The normalized spacial score (nSPS) is 20.5. The van der Waals surface area contributed by atoms with Crippen molar-refractivity contribution in [2.24, 2.45) is 5.92 Å². The van der Waals surface area contributed by atoms with E-state index in [0.717, 1.165) is 0 Å². The lowest BCUT2D eigenvalue weighted by molar-refractivity contribution is 0.314. The molecule has 2 aromatic carbocycles. The fourth-order valence-electron chi connectivity index (χ4n) is 3.87. The molecule has 0 unspecified atom stereocenters. The molecule has 3 rings (SSSR count). The van der Waals surface area contributed by atoms with Gasteiger partial charge in [-0.1, -0.05) is 36.4 Å². The van der Waals surface area contributed by atoms with Gasteiger partial charge in [-0.05, 0) is 74.6 Å². The van der Waals surface area contributed by atoms with E-state index in [9.17, 15) is 8.78 Å². The first-order valence-electron chi connectivity index (χ1n) is 9.48. The van der Waals surface area contributed by atoms with E-state index in [0.29, 0.717) is 24.0 Å². The number of benzene rings is 2. The molecule has 0 amide bonds. The lowest BCUT2D eigenvalue weighted by Gasteiger charge is -2.27. The molecule has 0 atom stereocenters. The van der Waals surface area contributed by atoms with Gasteiger partial charge in [-0.15, -0.1) is 0 Å². The highest BCUT2D eigenvalue weighted by Gasteiger charge is 2.21. The molecule has 0 aliphatic heterocycles. The van der Waals surface area contributed by atoms with Crippen molar-refractivity contribution in [1.82, 2.24) is 0 Å². The Labute approximate surface area is 154 Å². The van der Waals surface area contributed by atoms with Gasteiger partial charge in [0.15, 0.2) is 11.6 Å². The number of rotatable bonds is 5. The molecule has 0 bridgehead atoms. The summed E-state index contributed by atoms with van der Waals surface area (Å²) in [6.07, 6.45) is 9.25. The number of allylic oxidation sites excluding steroid dienone is 2. The Balaban J connectivity index is 1.75. The molecule has 0 aromatic heterocycles. The van der Waals surface area contributed by atoms with Crippen LogP contribution in [-0.4, -0.2) is 6.61 Å². The van der Waals surface area contributed by atoms with Crippen LogP contribution in [0.3, 0.4) is 0 Å². The fraction of sp³-hybridized carbons (Fsp3) is 0.391. The largest absolute Gasteiger partial charge is 0.491 e. The summed E-state index contributed by atoms with van der Waals surface area (Å²) in [4.78, 5) is 0. The van der Waals surface area contributed by atoms with Crippen LogP contribution in [0, 0.1) is 17.6 Å². The van der Waals surface area contributed by atoms with E-state index in [1.54, 1.807) is 13.0 Å². The summed E-state index contributed by atoms with van der Waals surface area (Å²) in [7, 11) is 0. The van der Waals surface area contributed by atoms with Crippen LogP contribution in [0.15, 0.2) is 48.6 Å². The van der Waals surface area contributed by atoms with E-state index in [1.807, 2.05) is 12.1 Å². The molecule has 1 saturated carbocycles. The number of ether oxygens (including phenoxy) is 1. The minimum atomic E-state index is -0.921. The van der Waals surface area contributed by atoms with Gasteiger partial charge < -0.3 is 4.74 Å². The third kappa shape index (κ3) is 3.98. The average Bonchev–Trinajstić information content (AvgIpc) is 2.67. The van der Waals surface area contributed by atoms with Crippen LogP contribution in [0.2, 0.25) is 0 Å². The molecule has 0 radical (unpaired) electrons. The Morgan fingerprint density at radius 3 is 2.27 bits per heavy atom. The maximum absolute atomic E-state index is 14.4. The zero-order valence-corrected chi connectivity index (χ0v) is 15.5. The number of halogens is 2. The zero-order chi connectivity index (χ0) is 18.5. The first-order valence-corrected chi connectivity index (χ1v) is 9.48. The third-order valence-electron chi connectivity index (χ3n) is 5.28. The number of hydrogen-bond donors (Lipinski definition) is 0. The predicted molar refractivity (Wildman–Crippen MR) is 102 cm³/mol. The van der Waals surface area contributed by atoms with Crippen molar-refractivity contribution in [2.45, 2.75) is 45.4 Å². The minimum absolute atomic E-state index is 0.0386. The van der Waals surface area contributed by atoms with Crippen LogP contribution in [-0.2, 0) is 0 Å². The molecular formula is C23H26F2O. The van der Waals surface area contributed by atoms with E-state index >= 15 is 0 Å². The van der Waals surface area contributed by atoms with Crippen LogP contribution >= 0.6 is 0 Å². The van der Waals surface area contributed by atoms with Gasteiger partial charge in [-0.2, -0.15) is 4.39 Å². The Morgan fingerprint density at radius 2 is 1.65 bits per heavy atom. The standard InChI is InChI=1S/C23H26F2O/c1-3-5-16-6-8-17(9-7-16)18-10-12-19(13-11-18)20-14-15-21(26-4-2)23(25)22(20)24/h3,5,10-17H,4,6-9H2,1-2H3. The van der Waals surface area contributed by atoms with Gasteiger partial charge in [0.1, 0.15) is 0 Å². The summed E-state index contributed by atoms with van der Waals surface area (Å²) in [5, 5.41) is 0. The highest BCUT2D eigenvalue weighted by atomic mass is 19.2.